The van der Waals surface area contributed by atoms with Crippen LogP contribution in [0.5, 0.6) is 0 Å². The molecule has 2 bridgehead atoms. The van der Waals surface area contributed by atoms with Crippen LogP contribution in [0.1, 0.15) is 42.8 Å². The Bertz CT molecular complexity index is 800. The van der Waals surface area contributed by atoms with Gasteiger partial charge in [0.05, 0.1) is 5.69 Å². The number of hydrogen-bond donors (Lipinski definition) is 2. The normalized spacial score (nSPS) is 25.4. The summed E-state index contributed by atoms with van der Waals surface area (Å²) < 4.78 is 1.61. The summed E-state index contributed by atoms with van der Waals surface area (Å²) in [6, 6.07) is 0.542. The molecule has 4 heterocycles. The number of nitrogens with one attached hydrogen (secondary N) is 2. The van der Waals surface area contributed by atoms with E-state index < -0.39 is 0 Å². The maximum Gasteiger partial charge on any atom is 0.256 e. The van der Waals surface area contributed by atoms with Gasteiger partial charge < -0.3 is 15.5 Å². The standard InChI is InChI=1S/C21H33N5O2.2ClH/c1-14-24-19-7-9-26(8-6-17(19)21(28)25(14)2)20(27)5-3-4-18-16-10-15(12-23-18)11-22-13-16;;/h15-16,18,22-23H,3-13H2,1-2H3;2*1H/t15-,16+,18-;;/m0../s1. The highest BCUT2D eigenvalue weighted by Gasteiger charge is 2.32. The van der Waals surface area contributed by atoms with E-state index in [1.807, 2.05) is 11.8 Å². The third-order valence-corrected chi connectivity index (χ3v) is 6.92. The lowest BCUT2D eigenvalue weighted by Gasteiger charge is -2.41. The van der Waals surface area contributed by atoms with Crippen molar-refractivity contribution in [3.8, 4) is 0 Å². The van der Waals surface area contributed by atoms with Crippen molar-refractivity contribution in [3.05, 3.63) is 27.4 Å². The van der Waals surface area contributed by atoms with Crippen LogP contribution in [0.15, 0.2) is 4.79 Å². The van der Waals surface area contributed by atoms with Crippen molar-refractivity contribution in [2.24, 2.45) is 18.9 Å². The number of halogens is 2. The predicted octanol–water partition coefficient (Wildman–Crippen LogP) is 1.23. The van der Waals surface area contributed by atoms with Gasteiger partial charge in [-0.2, -0.15) is 0 Å². The van der Waals surface area contributed by atoms with Crippen LogP contribution in [-0.4, -0.2) is 59.1 Å². The minimum absolute atomic E-state index is 0. The average molecular weight is 460 g/mol. The molecule has 170 valence electrons. The quantitative estimate of drug-likeness (QED) is 0.707. The molecule has 0 radical (unpaired) electrons. The number of aryl methyl sites for hydroxylation is 1. The van der Waals surface area contributed by atoms with E-state index in [9.17, 15) is 9.59 Å². The van der Waals surface area contributed by atoms with E-state index in [0.717, 1.165) is 55.5 Å². The zero-order chi connectivity index (χ0) is 19.7. The first kappa shape index (κ1) is 25.1. The lowest BCUT2D eigenvalue weighted by molar-refractivity contribution is -0.131. The van der Waals surface area contributed by atoms with Crippen LogP contribution >= 0.6 is 24.8 Å². The molecule has 0 aliphatic carbocycles. The molecule has 0 saturated carbocycles. The molecule has 2 fully saturated rings. The van der Waals surface area contributed by atoms with Crippen LogP contribution in [0.2, 0.25) is 0 Å². The molecule has 9 heteroatoms. The Morgan fingerprint density at radius 2 is 1.93 bits per heavy atom. The zero-order valence-electron chi connectivity index (χ0n) is 18.0. The van der Waals surface area contributed by atoms with Crippen molar-refractivity contribution in [2.75, 3.05) is 32.7 Å². The molecule has 4 rings (SSSR count). The van der Waals surface area contributed by atoms with Gasteiger partial charge >= 0.3 is 0 Å². The molecular weight excluding hydrogens is 425 g/mol. The first-order chi connectivity index (χ1) is 13.5. The van der Waals surface area contributed by atoms with Crippen LogP contribution in [0.3, 0.4) is 0 Å². The highest BCUT2D eigenvalue weighted by molar-refractivity contribution is 5.85. The molecule has 7 nitrogen and oxygen atoms in total. The van der Waals surface area contributed by atoms with E-state index in [1.54, 1.807) is 11.6 Å². The van der Waals surface area contributed by atoms with Gasteiger partial charge in [-0.15, -0.1) is 24.8 Å². The van der Waals surface area contributed by atoms with Gasteiger partial charge in [0.15, 0.2) is 0 Å². The lowest BCUT2D eigenvalue weighted by atomic mass is 9.80. The smallest absolute Gasteiger partial charge is 0.256 e. The summed E-state index contributed by atoms with van der Waals surface area (Å²) in [7, 11) is 1.77. The fourth-order valence-electron chi connectivity index (χ4n) is 5.10. The van der Waals surface area contributed by atoms with Gasteiger partial charge in [0.1, 0.15) is 5.82 Å². The average Bonchev–Trinajstić information content (AvgIpc) is 2.91. The van der Waals surface area contributed by atoms with Crippen molar-refractivity contribution in [2.45, 2.75) is 51.5 Å². The Kier molecular flexibility index (Phi) is 9.15. The Labute approximate surface area is 191 Å². The van der Waals surface area contributed by atoms with Crippen LogP contribution in [0, 0.1) is 18.8 Å². The number of nitrogens with zero attached hydrogens (tertiary/aromatic N) is 3. The number of rotatable bonds is 4. The molecule has 30 heavy (non-hydrogen) atoms. The minimum Gasteiger partial charge on any atom is -0.342 e. The number of hydrogen-bond acceptors (Lipinski definition) is 5. The predicted molar refractivity (Wildman–Crippen MR) is 123 cm³/mol. The number of piperidine rings is 2. The van der Waals surface area contributed by atoms with Gasteiger partial charge in [0.2, 0.25) is 5.91 Å². The Morgan fingerprint density at radius 1 is 1.17 bits per heavy atom. The zero-order valence-corrected chi connectivity index (χ0v) is 19.6. The lowest BCUT2D eigenvalue weighted by Crippen LogP contribution is -2.54. The molecule has 0 spiro atoms. The van der Waals surface area contributed by atoms with Crippen molar-refractivity contribution in [1.82, 2.24) is 25.1 Å². The number of amides is 1. The molecule has 3 aliphatic heterocycles. The van der Waals surface area contributed by atoms with Gasteiger partial charge in [-0.3, -0.25) is 14.2 Å². The molecule has 0 unspecified atom stereocenters. The Balaban J connectivity index is 0.00000160. The molecule has 2 saturated heterocycles. The minimum atomic E-state index is 0. The van der Waals surface area contributed by atoms with Crippen LogP contribution < -0.4 is 16.2 Å². The van der Waals surface area contributed by atoms with Gasteiger partial charge in [0, 0.05) is 44.6 Å². The summed E-state index contributed by atoms with van der Waals surface area (Å²) in [5.74, 6) is 2.45. The number of carbonyl (C=O) groups excluding carboxylic acids is 1. The van der Waals surface area contributed by atoms with E-state index in [-0.39, 0.29) is 36.3 Å². The molecule has 1 aromatic heterocycles. The third kappa shape index (κ3) is 5.36. The fourth-order valence-corrected chi connectivity index (χ4v) is 5.10. The van der Waals surface area contributed by atoms with Gasteiger partial charge in [0.25, 0.3) is 5.56 Å². The van der Waals surface area contributed by atoms with Crippen molar-refractivity contribution in [1.29, 1.82) is 0 Å². The largest absolute Gasteiger partial charge is 0.342 e. The third-order valence-electron chi connectivity index (χ3n) is 6.92. The molecule has 2 N–H and O–H groups in total. The van der Waals surface area contributed by atoms with E-state index in [1.165, 1.54) is 6.42 Å². The second kappa shape index (κ2) is 10.9. The first-order valence-corrected chi connectivity index (χ1v) is 10.8. The molecule has 3 aliphatic rings. The van der Waals surface area contributed by atoms with Crippen molar-refractivity contribution >= 4 is 30.7 Å². The SMILES string of the molecule is Cc1nc2c(c(=O)n1C)CCN(C(=O)CCC[C@@H]1NC[C@@H]3CNC[C@H]1C3)CC2.Cl.Cl. The van der Waals surface area contributed by atoms with Gasteiger partial charge in [-0.25, -0.2) is 4.98 Å². The maximum absolute atomic E-state index is 12.8. The molecule has 0 aromatic carbocycles. The number of aromatic nitrogens is 2. The molecule has 1 amide bonds. The second-order valence-electron chi connectivity index (χ2n) is 8.76. The summed E-state index contributed by atoms with van der Waals surface area (Å²) in [6.45, 7) is 6.51. The summed E-state index contributed by atoms with van der Waals surface area (Å²) >= 11 is 0. The van der Waals surface area contributed by atoms with Crippen LogP contribution in [0.4, 0.5) is 0 Å². The number of fused-ring (bicyclic) bond motifs is 3. The second-order valence-corrected chi connectivity index (χ2v) is 8.76. The number of carbonyl (C=O) groups is 1. The monoisotopic (exact) mass is 459 g/mol. The van der Waals surface area contributed by atoms with Crippen LogP contribution in [-0.2, 0) is 24.7 Å². The maximum atomic E-state index is 12.8. The molecule has 1 aromatic rings. The van der Waals surface area contributed by atoms with E-state index in [0.29, 0.717) is 44.3 Å². The van der Waals surface area contributed by atoms with E-state index in [4.69, 9.17) is 0 Å². The summed E-state index contributed by atoms with van der Waals surface area (Å²) in [5.41, 5.74) is 1.70. The topological polar surface area (TPSA) is 79.3 Å². The Morgan fingerprint density at radius 3 is 2.73 bits per heavy atom. The van der Waals surface area contributed by atoms with Crippen molar-refractivity contribution in [3.63, 3.8) is 0 Å². The van der Waals surface area contributed by atoms with E-state index in [2.05, 4.69) is 15.6 Å². The van der Waals surface area contributed by atoms with E-state index >= 15 is 0 Å². The van der Waals surface area contributed by atoms with Gasteiger partial charge in [-0.1, -0.05) is 0 Å². The van der Waals surface area contributed by atoms with Crippen molar-refractivity contribution < 1.29 is 4.79 Å². The first-order valence-electron chi connectivity index (χ1n) is 10.8. The van der Waals surface area contributed by atoms with Crippen LogP contribution in [0.25, 0.3) is 0 Å². The molecule has 3 atom stereocenters. The van der Waals surface area contributed by atoms with Gasteiger partial charge in [-0.05, 0) is 64.1 Å². The summed E-state index contributed by atoms with van der Waals surface area (Å²) in [6.07, 6.45) is 5.21. The fraction of sp³-hybridized carbons (Fsp3) is 0.762. The molecular formula is C21H35Cl2N5O2. The highest BCUT2D eigenvalue weighted by atomic mass is 35.5. The summed E-state index contributed by atoms with van der Waals surface area (Å²) in [4.78, 5) is 31.8. The Hall–Kier alpha value is -1.15. The highest BCUT2D eigenvalue weighted by Crippen LogP contribution is 2.26. The summed E-state index contributed by atoms with van der Waals surface area (Å²) in [5, 5.41) is 7.25.